The van der Waals surface area contributed by atoms with E-state index in [1.54, 1.807) is 6.20 Å². The second-order valence-electron chi connectivity index (χ2n) is 4.77. The molecule has 5 nitrogen and oxygen atoms in total. The van der Waals surface area contributed by atoms with E-state index in [1.807, 2.05) is 20.8 Å². The van der Waals surface area contributed by atoms with Crippen molar-refractivity contribution in [2.45, 2.75) is 26.8 Å². The number of aliphatic carboxylic acids is 1. The van der Waals surface area contributed by atoms with Crippen LogP contribution in [0.25, 0.3) is 11.3 Å². The normalized spacial score (nSPS) is 12.4. The molecule has 1 aromatic carbocycles. The summed E-state index contributed by atoms with van der Waals surface area (Å²) in [5.74, 6) is -0.833. The molecule has 0 radical (unpaired) electrons. The number of aromatic amines is 1. The van der Waals surface area contributed by atoms with Crippen LogP contribution >= 0.6 is 0 Å². The lowest BCUT2D eigenvalue weighted by atomic mass is 9.98. The van der Waals surface area contributed by atoms with Crippen LogP contribution in [0.4, 0.5) is 0 Å². The largest absolute Gasteiger partial charge is 0.480 e. The Morgan fingerprint density at radius 3 is 2.42 bits per heavy atom. The molecule has 1 heterocycles. The van der Waals surface area contributed by atoms with E-state index in [9.17, 15) is 4.79 Å². The monoisotopic (exact) mass is 259 g/mol. The van der Waals surface area contributed by atoms with Crippen LogP contribution in [-0.2, 0) is 4.79 Å². The van der Waals surface area contributed by atoms with Gasteiger partial charge in [0, 0.05) is 5.56 Å². The summed E-state index contributed by atoms with van der Waals surface area (Å²) in [4.78, 5) is 17.9. The smallest absolute Gasteiger partial charge is 0.328 e. The molecule has 0 amide bonds. The third-order valence-corrected chi connectivity index (χ3v) is 3.10. The standard InChI is InChI=1S/C14H17N3O2/c1-7-4-8(2)11(9(3)5-7)10-6-16-13(17-10)12(15)14(18)19/h4-6,12H,15H2,1-3H3,(H,16,17)(H,18,19). The number of nitrogens with two attached hydrogens (primary N) is 1. The molecular weight excluding hydrogens is 242 g/mol. The average molecular weight is 259 g/mol. The summed E-state index contributed by atoms with van der Waals surface area (Å²) < 4.78 is 0. The van der Waals surface area contributed by atoms with Crippen molar-refractivity contribution in [1.82, 2.24) is 9.97 Å². The molecule has 100 valence electrons. The zero-order chi connectivity index (χ0) is 14.2. The first-order valence-electron chi connectivity index (χ1n) is 6.01. The molecule has 5 heteroatoms. The summed E-state index contributed by atoms with van der Waals surface area (Å²) in [6, 6.07) is 3.04. The van der Waals surface area contributed by atoms with Crippen molar-refractivity contribution in [3.63, 3.8) is 0 Å². The Hall–Kier alpha value is -2.14. The molecule has 0 saturated carbocycles. The Morgan fingerprint density at radius 2 is 1.89 bits per heavy atom. The Balaban J connectivity index is 2.47. The minimum absolute atomic E-state index is 0.266. The Kier molecular flexibility index (Phi) is 3.40. The Bertz CT molecular complexity index is 608. The number of rotatable bonds is 3. The SMILES string of the molecule is Cc1cc(C)c(-c2cnc(C(N)C(=O)O)[nH]2)c(C)c1. The lowest BCUT2D eigenvalue weighted by Gasteiger charge is -2.09. The van der Waals surface area contributed by atoms with Gasteiger partial charge in [-0.05, 0) is 31.9 Å². The second kappa shape index (κ2) is 4.85. The molecule has 0 fully saturated rings. The zero-order valence-electron chi connectivity index (χ0n) is 11.2. The summed E-state index contributed by atoms with van der Waals surface area (Å²) in [7, 11) is 0. The molecule has 19 heavy (non-hydrogen) atoms. The second-order valence-corrected chi connectivity index (χ2v) is 4.77. The highest BCUT2D eigenvalue weighted by Crippen LogP contribution is 2.27. The first kappa shape index (κ1) is 13.3. The molecule has 2 rings (SSSR count). The van der Waals surface area contributed by atoms with Gasteiger partial charge in [-0.3, -0.25) is 4.79 Å². The van der Waals surface area contributed by atoms with Gasteiger partial charge in [-0.1, -0.05) is 17.7 Å². The van der Waals surface area contributed by atoms with Crippen molar-refractivity contribution in [3.8, 4) is 11.3 Å². The topological polar surface area (TPSA) is 92.0 Å². The van der Waals surface area contributed by atoms with Crippen LogP contribution in [0.3, 0.4) is 0 Å². The van der Waals surface area contributed by atoms with Crippen molar-refractivity contribution in [2.75, 3.05) is 0 Å². The lowest BCUT2D eigenvalue weighted by molar-refractivity contribution is -0.138. The van der Waals surface area contributed by atoms with Crippen molar-refractivity contribution in [3.05, 3.63) is 40.8 Å². The molecule has 1 aromatic heterocycles. The van der Waals surface area contributed by atoms with Gasteiger partial charge in [-0.2, -0.15) is 0 Å². The first-order valence-corrected chi connectivity index (χ1v) is 6.01. The van der Waals surface area contributed by atoms with E-state index in [2.05, 4.69) is 22.1 Å². The maximum Gasteiger partial charge on any atom is 0.328 e. The molecule has 0 saturated heterocycles. The van der Waals surface area contributed by atoms with Gasteiger partial charge < -0.3 is 15.8 Å². The van der Waals surface area contributed by atoms with Crippen LogP contribution in [0.2, 0.25) is 0 Å². The molecule has 0 aliphatic carbocycles. The number of nitrogens with zero attached hydrogens (tertiary/aromatic N) is 1. The molecule has 0 spiro atoms. The number of hydrogen-bond acceptors (Lipinski definition) is 3. The van der Waals surface area contributed by atoms with Gasteiger partial charge in [-0.15, -0.1) is 0 Å². The van der Waals surface area contributed by atoms with Crippen molar-refractivity contribution >= 4 is 5.97 Å². The fourth-order valence-corrected chi connectivity index (χ4v) is 2.34. The molecule has 1 atom stereocenters. The quantitative estimate of drug-likeness (QED) is 0.787. The van der Waals surface area contributed by atoms with E-state index in [4.69, 9.17) is 10.8 Å². The Labute approximate surface area is 111 Å². The average Bonchev–Trinajstić information content (AvgIpc) is 2.75. The number of imidazole rings is 1. The van der Waals surface area contributed by atoms with Crippen LogP contribution in [0.5, 0.6) is 0 Å². The predicted molar refractivity (Wildman–Crippen MR) is 72.8 cm³/mol. The molecule has 2 aromatic rings. The van der Waals surface area contributed by atoms with Gasteiger partial charge in [0.25, 0.3) is 0 Å². The fourth-order valence-electron chi connectivity index (χ4n) is 2.34. The fraction of sp³-hybridized carbons (Fsp3) is 0.286. The number of aromatic nitrogens is 2. The van der Waals surface area contributed by atoms with E-state index in [0.717, 1.165) is 22.4 Å². The maximum atomic E-state index is 10.8. The van der Waals surface area contributed by atoms with E-state index in [0.29, 0.717) is 0 Å². The number of benzene rings is 1. The van der Waals surface area contributed by atoms with E-state index in [-0.39, 0.29) is 5.82 Å². The third kappa shape index (κ3) is 2.51. The van der Waals surface area contributed by atoms with Crippen LogP contribution in [-0.4, -0.2) is 21.0 Å². The zero-order valence-corrected chi connectivity index (χ0v) is 11.2. The molecular formula is C14H17N3O2. The highest BCUT2D eigenvalue weighted by Gasteiger charge is 2.19. The predicted octanol–water partition coefficient (Wildman–Crippen LogP) is 2.09. The highest BCUT2D eigenvalue weighted by atomic mass is 16.4. The van der Waals surface area contributed by atoms with Crippen LogP contribution in [0, 0.1) is 20.8 Å². The first-order chi connectivity index (χ1) is 8.90. The summed E-state index contributed by atoms with van der Waals surface area (Å²) in [5.41, 5.74) is 10.8. The molecule has 0 bridgehead atoms. The number of carbonyl (C=O) groups is 1. The number of H-pyrrole nitrogens is 1. The van der Waals surface area contributed by atoms with Gasteiger partial charge in [0.1, 0.15) is 5.82 Å². The number of aryl methyl sites for hydroxylation is 3. The minimum atomic E-state index is -1.13. The summed E-state index contributed by atoms with van der Waals surface area (Å²) in [5, 5.41) is 8.88. The summed E-state index contributed by atoms with van der Waals surface area (Å²) in [6.07, 6.45) is 1.63. The maximum absolute atomic E-state index is 10.8. The van der Waals surface area contributed by atoms with Gasteiger partial charge in [-0.25, -0.2) is 4.98 Å². The molecule has 4 N–H and O–H groups in total. The van der Waals surface area contributed by atoms with Crippen LogP contribution < -0.4 is 5.73 Å². The van der Waals surface area contributed by atoms with Gasteiger partial charge in [0.05, 0.1) is 11.9 Å². The van der Waals surface area contributed by atoms with Gasteiger partial charge in [0.2, 0.25) is 0 Å². The third-order valence-electron chi connectivity index (χ3n) is 3.10. The van der Waals surface area contributed by atoms with Crippen molar-refractivity contribution in [2.24, 2.45) is 5.73 Å². The van der Waals surface area contributed by atoms with Crippen molar-refractivity contribution in [1.29, 1.82) is 0 Å². The minimum Gasteiger partial charge on any atom is -0.480 e. The van der Waals surface area contributed by atoms with Gasteiger partial charge >= 0.3 is 5.97 Å². The van der Waals surface area contributed by atoms with Crippen LogP contribution in [0.15, 0.2) is 18.3 Å². The number of hydrogen-bond donors (Lipinski definition) is 3. The summed E-state index contributed by atoms with van der Waals surface area (Å²) in [6.45, 7) is 6.09. The van der Waals surface area contributed by atoms with E-state index >= 15 is 0 Å². The van der Waals surface area contributed by atoms with Crippen molar-refractivity contribution < 1.29 is 9.90 Å². The number of nitrogens with one attached hydrogen (secondary N) is 1. The molecule has 0 aliphatic rings. The molecule has 1 unspecified atom stereocenters. The number of carboxylic acid groups (broad SMARTS) is 1. The van der Waals surface area contributed by atoms with Gasteiger partial charge in [0.15, 0.2) is 6.04 Å². The molecule has 0 aliphatic heterocycles. The highest BCUT2D eigenvalue weighted by molar-refractivity contribution is 5.75. The summed E-state index contributed by atoms with van der Waals surface area (Å²) >= 11 is 0. The van der Waals surface area contributed by atoms with Crippen LogP contribution in [0.1, 0.15) is 28.6 Å². The van der Waals surface area contributed by atoms with E-state index < -0.39 is 12.0 Å². The number of carboxylic acids is 1. The lowest BCUT2D eigenvalue weighted by Crippen LogP contribution is -2.21. The van der Waals surface area contributed by atoms with E-state index in [1.165, 1.54) is 5.56 Å². The Morgan fingerprint density at radius 1 is 1.32 bits per heavy atom.